The Hall–Kier alpha value is -2.82. The number of nitrogens with zero attached hydrogens (tertiary/aromatic N) is 2. The molecule has 0 saturated carbocycles. The SMILES string of the molecule is CCCc1ccc(S(=O)(=O)Nc2cccnc2N2C(=O)OC(C(F)(F)F)C2C)cc1. The maximum Gasteiger partial charge on any atom is 0.427 e. The van der Waals surface area contributed by atoms with Crippen LogP contribution in [0.3, 0.4) is 0 Å². The van der Waals surface area contributed by atoms with Crippen molar-refractivity contribution in [3.05, 3.63) is 48.2 Å². The molecule has 1 aliphatic rings. The van der Waals surface area contributed by atoms with Crippen LogP contribution in [0.4, 0.5) is 29.5 Å². The smallest absolute Gasteiger partial charge is 0.427 e. The van der Waals surface area contributed by atoms with Gasteiger partial charge >= 0.3 is 12.3 Å². The monoisotopic (exact) mass is 443 g/mol. The number of anilines is 2. The van der Waals surface area contributed by atoms with Gasteiger partial charge in [-0.25, -0.2) is 18.2 Å². The number of rotatable bonds is 6. The first-order valence-corrected chi connectivity index (χ1v) is 10.7. The highest BCUT2D eigenvalue weighted by Crippen LogP contribution is 2.37. The minimum absolute atomic E-state index is 0.0256. The van der Waals surface area contributed by atoms with E-state index < -0.39 is 34.4 Å². The average molecular weight is 443 g/mol. The molecule has 1 fully saturated rings. The lowest BCUT2D eigenvalue weighted by atomic mass is 10.1. The van der Waals surface area contributed by atoms with Crippen LogP contribution in [-0.4, -0.2) is 37.8 Å². The Morgan fingerprint density at radius 1 is 1.20 bits per heavy atom. The molecule has 2 heterocycles. The number of carbonyl (C=O) groups excluding carboxylic acids is 1. The molecule has 1 saturated heterocycles. The first-order chi connectivity index (χ1) is 14.0. The van der Waals surface area contributed by atoms with Crippen molar-refractivity contribution in [1.82, 2.24) is 4.98 Å². The number of pyridine rings is 1. The summed E-state index contributed by atoms with van der Waals surface area (Å²) in [4.78, 5) is 16.7. The molecular weight excluding hydrogens is 423 g/mol. The van der Waals surface area contributed by atoms with Crippen molar-refractivity contribution in [2.45, 2.75) is 49.9 Å². The maximum atomic E-state index is 13.1. The van der Waals surface area contributed by atoms with Crippen molar-refractivity contribution in [1.29, 1.82) is 0 Å². The molecule has 0 aliphatic carbocycles. The molecule has 1 N–H and O–H groups in total. The Morgan fingerprint density at radius 3 is 2.43 bits per heavy atom. The maximum absolute atomic E-state index is 13.1. The average Bonchev–Trinajstić information content (AvgIpc) is 2.97. The standard InChI is InChI=1S/C19H20F3N3O4S/c1-3-5-13-7-9-14(10-8-13)30(27,28)24-15-6-4-11-23-17(15)25-12(2)16(19(20,21)22)29-18(25)26/h4,6-12,16,24H,3,5H2,1-2H3. The van der Waals surface area contributed by atoms with E-state index in [2.05, 4.69) is 14.4 Å². The first-order valence-electron chi connectivity index (χ1n) is 9.18. The predicted octanol–water partition coefficient (Wildman–Crippen LogP) is 4.11. The molecule has 2 atom stereocenters. The van der Waals surface area contributed by atoms with Crippen LogP contribution >= 0.6 is 0 Å². The summed E-state index contributed by atoms with van der Waals surface area (Å²) < 4.78 is 71.7. The van der Waals surface area contributed by atoms with Gasteiger partial charge in [-0.05, 0) is 43.2 Å². The lowest BCUT2D eigenvalue weighted by Crippen LogP contribution is -2.41. The molecule has 30 heavy (non-hydrogen) atoms. The van der Waals surface area contributed by atoms with E-state index in [0.29, 0.717) is 4.90 Å². The molecule has 7 nitrogen and oxygen atoms in total. The molecule has 162 valence electrons. The normalized spacial score (nSPS) is 19.6. The van der Waals surface area contributed by atoms with Crippen LogP contribution in [-0.2, 0) is 21.2 Å². The van der Waals surface area contributed by atoms with Crippen molar-refractivity contribution in [2.75, 3.05) is 9.62 Å². The number of ether oxygens (including phenoxy) is 1. The number of carbonyl (C=O) groups is 1. The Kier molecular flexibility index (Phi) is 5.93. The zero-order valence-electron chi connectivity index (χ0n) is 16.2. The molecule has 0 radical (unpaired) electrons. The van der Waals surface area contributed by atoms with Crippen LogP contribution in [0.5, 0.6) is 0 Å². The summed E-state index contributed by atoms with van der Waals surface area (Å²) in [6.07, 6.45) is -5.41. The molecule has 1 aromatic heterocycles. The fraction of sp³-hybridized carbons (Fsp3) is 0.368. The highest BCUT2D eigenvalue weighted by atomic mass is 32.2. The number of aromatic nitrogens is 1. The Labute approximate surface area is 171 Å². The summed E-state index contributed by atoms with van der Waals surface area (Å²) in [6.45, 7) is 3.16. The zero-order chi connectivity index (χ0) is 22.1. The topological polar surface area (TPSA) is 88.6 Å². The predicted molar refractivity (Wildman–Crippen MR) is 104 cm³/mol. The molecule has 2 aromatic rings. The van der Waals surface area contributed by atoms with Gasteiger partial charge in [0.25, 0.3) is 10.0 Å². The summed E-state index contributed by atoms with van der Waals surface area (Å²) >= 11 is 0. The largest absolute Gasteiger partial charge is 0.434 e. The van der Waals surface area contributed by atoms with E-state index in [0.717, 1.165) is 25.3 Å². The third-order valence-electron chi connectivity index (χ3n) is 4.62. The second-order valence-corrected chi connectivity index (χ2v) is 8.51. The molecule has 0 spiro atoms. The summed E-state index contributed by atoms with van der Waals surface area (Å²) in [7, 11) is -4.06. The Balaban J connectivity index is 1.91. The molecule has 1 aliphatic heterocycles. The minimum Gasteiger partial charge on any atom is -0.434 e. The minimum atomic E-state index is -4.77. The van der Waals surface area contributed by atoms with Crippen molar-refractivity contribution < 1.29 is 31.1 Å². The van der Waals surface area contributed by atoms with Gasteiger partial charge in [-0.2, -0.15) is 13.2 Å². The second-order valence-electron chi connectivity index (χ2n) is 6.83. The second kappa shape index (κ2) is 8.13. The number of hydrogen-bond donors (Lipinski definition) is 1. The first kappa shape index (κ1) is 21.9. The fourth-order valence-corrected chi connectivity index (χ4v) is 4.24. The van der Waals surface area contributed by atoms with E-state index in [1.54, 1.807) is 12.1 Å². The van der Waals surface area contributed by atoms with Gasteiger partial charge in [0.05, 0.1) is 16.6 Å². The van der Waals surface area contributed by atoms with Crippen molar-refractivity contribution >= 4 is 27.6 Å². The van der Waals surface area contributed by atoms with E-state index in [-0.39, 0.29) is 16.4 Å². The third-order valence-corrected chi connectivity index (χ3v) is 6.01. The van der Waals surface area contributed by atoms with Gasteiger partial charge in [-0.15, -0.1) is 0 Å². The van der Waals surface area contributed by atoms with Gasteiger partial charge < -0.3 is 4.74 Å². The lowest BCUT2D eigenvalue weighted by Gasteiger charge is -2.23. The van der Waals surface area contributed by atoms with Crippen LogP contribution < -0.4 is 9.62 Å². The van der Waals surface area contributed by atoms with Gasteiger partial charge in [-0.1, -0.05) is 25.5 Å². The number of cyclic esters (lactones) is 1. The molecule has 1 amide bonds. The number of nitrogens with one attached hydrogen (secondary N) is 1. The molecule has 11 heteroatoms. The van der Waals surface area contributed by atoms with E-state index in [1.165, 1.54) is 30.5 Å². The number of benzene rings is 1. The number of aryl methyl sites for hydroxylation is 1. The molecule has 1 aromatic carbocycles. The third kappa shape index (κ3) is 4.35. The van der Waals surface area contributed by atoms with Crippen LogP contribution in [0.15, 0.2) is 47.5 Å². The summed E-state index contributed by atoms with van der Waals surface area (Å²) in [5, 5.41) is 0. The van der Waals surface area contributed by atoms with Crippen molar-refractivity contribution in [3.8, 4) is 0 Å². The van der Waals surface area contributed by atoms with Gasteiger partial charge in [0.15, 0.2) is 5.82 Å². The molecule has 3 rings (SSSR count). The van der Waals surface area contributed by atoms with E-state index >= 15 is 0 Å². The number of alkyl halides is 3. The van der Waals surface area contributed by atoms with Crippen molar-refractivity contribution in [2.24, 2.45) is 0 Å². The van der Waals surface area contributed by atoms with Crippen LogP contribution in [0, 0.1) is 0 Å². The van der Waals surface area contributed by atoms with Gasteiger partial charge in [0.2, 0.25) is 6.10 Å². The molecule has 0 bridgehead atoms. The summed E-state index contributed by atoms with van der Waals surface area (Å²) in [5.74, 6) is -0.270. The van der Waals surface area contributed by atoms with Gasteiger partial charge in [0, 0.05) is 6.20 Å². The van der Waals surface area contributed by atoms with Crippen LogP contribution in [0.2, 0.25) is 0 Å². The highest BCUT2D eigenvalue weighted by Gasteiger charge is 2.55. The summed E-state index contributed by atoms with van der Waals surface area (Å²) in [5.41, 5.74) is 0.840. The van der Waals surface area contributed by atoms with Gasteiger partial charge in [0.1, 0.15) is 0 Å². The van der Waals surface area contributed by atoms with Crippen LogP contribution in [0.25, 0.3) is 0 Å². The number of halogens is 3. The van der Waals surface area contributed by atoms with E-state index in [1.807, 2.05) is 6.92 Å². The van der Waals surface area contributed by atoms with Gasteiger partial charge in [-0.3, -0.25) is 9.62 Å². The zero-order valence-corrected chi connectivity index (χ0v) is 17.0. The number of sulfonamides is 1. The Bertz CT molecular complexity index is 1030. The molecule has 2 unspecified atom stereocenters. The van der Waals surface area contributed by atoms with E-state index in [9.17, 15) is 26.4 Å². The van der Waals surface area contributed by atoms with E-state index in [4.69, 9.17) is 0 Å². The number of amides is 1. The Morgan fingerprint density at radius 2 is 1.87 bits per heavy atom. The lowest BCUT2D eigenvalue weighted by molar-refractivity contribution is -0.198. The number of hydrogen-bond acceptors (Lipinski definition) is 5. The van der Waals surface area contributed by atoms with Crippen molar-refractivity contribution in [3.63, 3.8) is 0 Å². The highest BCUT2D eigenvalue weighted by molar-refractivity contribution is 7.92. The fourth-order valence-electron chi connectivity index (χ4n) is 3.18. The molecular formula is C19H20F3N3O4S. The summed E-state index contributed by atoms with van der Waals surface area (Å²) in [6, 6.07) is 7.55. The quantitative estimate of drug-likeness (QED) is 0.726. The van der Waals surface area contributed by atoms with Crippen LogP contribution in [0.1, 0.15) is 25.8 Å².